The van der Waals surface area contributed by atoms with Crippen LogP contribution in [0.5, 0.6) is 0 Å². The Bertz CT molecular complexity index is 1120. The van der Waals surface area contributed by atoms with Crippen molar-refractivity contribution in [1.29, 1.82) is 0 Å². The molecule has 4 rings (SSSR count). The fourth-order valence-electron chi connectivity index (χ4n) is 3.33. The second-order valence-corrected chi connectivity index (χ2v) is 8.51. The summed E-state index contributed by atoms with van der Waals surface area (Å²) in [6.45, 7) is 4.22. The molecule has 3 aromatic heterocycles. The lowest BCUT2D eigenvalue weighted by atomic mass is 9.95. The first-order chi connectivity index (χ1) is 15.1. The molecule has 0 radical (unpaired) electrons. The normalized spacial score (nSPS) is 16.5. The molecule has 1 N–H and O–H groups in total. The Morgan fingerprint density at radius 3 is 2.81 bits per heavy atom. The van der Waals surface area contributed by atoms with Crippen molar-refractivity contribution in [3.05, 3.63) is 35.7 Å². The average molecular weight is 467 g/mol. The summed E-state index contributed by atoms with van der Waals surface area (Å²) < 4.78 is 45.7. The zero-order chi connectivity index (χ0) is 23.1. The summed E-state index contributed by atoms with van der Waals surface area (Å²) in [5, 5.41) is 11.7. The molecule has 32 heavy (non-hydrogen) atoms. The van der Waals surface area contributed by atoms with E-state index in [2.05, 4.69) is 25.5 Å². The number of amides is 1. The van der Waals surface area contributed by atoms with E-state index >= 15 is 0 Å². The summed E-state index contributed by atoms with van der Waals surface area (Å²) >= 11 is 1.05. The van der Waals surface area contributed by atoms with Gasteiger partial charge in [0.25, 0.3) is 5.91 Å². The van der Waals surface area contributed by atoms with E-state index in [1.165, 1.54) is 11.6 Å². The number of alkyl halides is 3. The number of carbonyl (C=O) groups excluding carboxylic acids is 1. The lowest BCUT2D eigenvalue weighted by Crippen LogP contribution is -2.61. The van der Waals surface area contributed by atoms with E-state index in [1.54, 1.807) is 19.2 Å². The minimum absolute atomic E-state index is 0.0294. The van der Waals surface area contributed by atoms with Crippen LogP contribution in [0.4, 0.5) is 24.7 Å². The number of rotatable bonds is 6. The van der Waals surface area contributed by atoms with E-state index in [0.29, 0.717) is 18.8 Å². The third kappa shape index (κ3) is 4.17. The topological polar surface area (TPSA) is 98.1 Å². The molecule has 0 aliphatic carbocycles. The number of methoxy groups -OCH3 is 1. The smallest absolute Gasteiger partial charge is 0.375 e. The van der Waals surface area contributed by atoms with Crippen LogP contribution >= 0.6 is 11.3 Å². The van der Waals surface area contributed by atoms with Crippen LogP contribution in [0, 0.1) is 0 Å². The molecule has 0 aromatic carbocycles. The van der Waals surface area contributed by atoms with Gasteiger partial charge in [0.15, 0.2) is 16.5 Å². The molecule has 1 unspecified atom stereocenters. The number of hydrogen-bond acceptors (Lipinski definition) is 8. The lowest BCUT2D eigenvalue weighted by molar-refractivity contribution is -0.162. The summed E-state index contributed by atoms with van der Waals surface area (Å²) in [6, 6.07) is 1.72. The first kappa shape index (κ1) is 22.1. The first-order valence-corrected chi connectivity index (χ1v) is 10.5. The number of anilines is 2. The summed E-state index contributed by atoms with van der Waals surface area (Å²) in [7, 11) is 1.64. The molecular weight excluding hydrogens is 447 g/mol. The minimum Gasteiger partial charge on any atom is -0.375 e. The molecule has 1 saturated heterocycles. The summed E-state index contributed by atoms with van der Waals surface area (Å²) in [5.74, 6) is -0.321. The molecule has 13 heteroatoms. The highest BCUT2D eigenvalue weighted by Crippen LogP contribution is 2.35. The second-order valence-electron chi connectivity index (χ2n) is 7.65. The molecule has 0 saturated carbocycles. The van der Waals surface area contributed by atoms with E-state index < -0.39 is 18.1 Å². The average Bonchev–Trinajstić information content (AvgIpc) is 3.39. The fourth-order valence-corrected chi connectivity index (χ4v) is 4.07. The number of nitrogens with one attached hydrogen (secondary N) is 1. The molecule has 4 heterocycles. The van der Waals surface area contributed by atoms with Gasteiger partial charge in [0.2, 0.25) is 0 Å². The highest BCUT2D eigenvalue weighted by Gasteiger charge is 2.41. The van der Waals surface area contributed by atoms with E-state index in [-0.39, 0.29) is 27.9 Å². The van der Waals surface area contributed by atoms with Gasteiger partial charge in [-0.1, -0.05) is 0 Å². The van der Waals surface area contributed by atoms with Gasteiger partial charge in [0, 0.05) is 31.8 Å². The van der Waals surface area contributed by atoms with Crippen molar-refractivity contribution in [2.45, 2.75) is 31.7 Å². The third-order valence-electron chi connectivity index (χ3n) is 5.29. The zero-order valence-electron chi connectivity index (χ0n) is 17.4. The highest BCUT2D eigenvalue weighted by atomic mass is 32.1. The number of thiazole rings is 1. The molecule has 1 fully saturated rings. The fraction of sp³-hybridized carbons (Fsp3) is 0.421. The number of halogens is 3. The summed E-state index contributed by atoms with van der Waals surface area (Å²) in [4.78, 5) is 23.3. The van der Waals surface area contributed by atoms with E-state index in [0.717, 1.165) is 29.2 Å². The van der Waals surface area contributed by atoms with Gasteiger partial charge in [-0.3, -0.25) is 9.36 Å². The first-order valence-electron chi connectivity index (χ1n) is 9.60. The standard InChI is InChI=1S/C19H20F3N7O2S/c1-11(19(20,21)22)29-10-24-27-15(29)17-26-13(7-32-17)25-16(30)14-12(5-4-6-23-14)28-8-18(2,9-28)31-3/h4-7,10-11H,8-9H2,1-3H3,(H,25,30). The van der Waals surface area contributed by atoms with Crippen LogP contribution < -0.4 is 10.2 Å². The van der Waals surface area contributed by atoms with Crippen LogP contribution in [-0.4, -0.2) is 62.6 Å². The zero-order valence-corrected chi connectivity index (χ0v) is 18.2. The Labute approximate surface area is 185 Å². The number of ether oxygens (including phenoxy) is 1. The molecule has 0 spiro atoms. The van der Waals surface area contributed by atoms with Crippen molar-refractivity contribution < 1.29 is 22.7 Å². The Kier molecular flexibility index (Phi) is 5.63. The van der Waals surface area contributed by atoms with Crippen LogP contribution in [0.1, 0.15) is 30.4 Å². The Balaban J connectivity index is 1.52. The van der Waals surface area contributed by atoms with Gasteiger partial charge in [0.1, 0.15) is 18.2 Å². The molecule has 9 nitrogen and oxygen atoms in total. The van der Waals surface area contributed by atoms with Gasteiger partial charge < -0.3 is 15.0 Å². The maximum absolute atomic E-state index is 13.1. The summed E-state index contributed by atoms with van der Waals surface area (Å²) in [5.41, 5.74) is 0.597. The Morgan fingerprint density at radius 2 is 2.12 bits per heavy atom. The Morgan fingerprint density at radius 1 is 1.38 bits per heavy atom. The molecule has 1 amide bonds. The van der Waals surface area contributed by atoms with Gasteiger partial charge in [-0.2, -0.15) is 13.2 Å². The van der Waals surface area contributed by atoms with Crippen LogP contribution in [0.2, 0.25) is 0 Å². The van der Waals surface area contributed by atoms with E-state index in [4.69, 9.17) is 4.74 Å². The number of hydrogen-bond donors (Lipinski definition) is 1. The van der Waals surface area contributed by atoms with E-state index in [1.807, 2.05) is 11.8 Å². The van der Waals surface area contributed by atoms with Gasteiger partial charge >= 0.3 is 6.18 Å². The third-order valence-corrected chi connectivity index (χ3v) is 6.12. The van der Waals surface area contributed by atoms with Crippen LogP contribution in [-0.2, 0) is 4.74 Å². The molecule has 0 bridgehead atoms. The minimum atomic E-state index is -4.46. The predicted octanol–water partition coefficient (Wildman–Crippen LogP) is 3.40. The number of pyridine rings is 1. The van der Waals surface area contributed by atoms with Crippen molar-refractivity contribution in [3.8, 4) is 10.8 Å². The molecule has 170 valence electrons. The van der Waals surface area contributed by atoms with Crippen molar-refractivity contribution in [2.75, 3.05) is 30.4 Å². The van der Waals surface area contributed by atoms with Gasteiger partial charge in [-0.15, -0.1) is 21.5 Å². The van der Waals surface area contributed by atoms with Crippen LogP contribution in [0.3, 0.4) is 0 Å². The predicted molar refractivity (Wildman–Crippen MR) is 112 cm³/mol. The van der Waals surface area contributed by atoms with Gasteiger partial charge in [-0.25, -0.2) is 9.97 Å². The molecule has 1 aliphatic rings. The van der Waals surface area contributed by atoms with Crippen molar-refractivity contribution in [2.24, 2.45) is 0 Å². The number of aromatic nitrogens is 5. The number of nitrogens with zero attached hydrogens (tertiary/aromatic N) is 6. The lowest BCUT2D eigenvalue weighted by Gasteiger charge is -2.48. The Hall–Kier alpha value is -3.06. The van der Waals surface area contributed by atoms with Gasteiger partial charge in [-0.05, 0) is 26.0 Å². The maximum atomic E-state index is 13.1. The highest BCUT2D eigenvalue weighted by molar-refractivity contribution is 7.13. The monoisotopic (exact) mass is 467 g/mol. The molecular formula is C19H20F3N7O2S. The quantitative estimate of drug-likeness (QED) is 0.593. The van der Waals surface area contributed by atoms with Crippen LogP contribution in [0.15, 0.2) is 30.0 Å². The SMILES string of the molecule is COC1(C)CN(c2cccnc2C(=O)Nc2csc(-c3nncn3C(C)C(F)(F)F)n2)C1. The van der Waals surface area contributed by atoms with Crippen molar-refractivity contribution in [3.63, 3.8) is 0 Å². The largest absolute Gasteiger partial charge is 0.408 e. The molecule has 1 aliphatic heterocycles. The molecule has 1 atom stereocenters. The second kappa shape index (κ2) is 8.13. The van der Waals surface area contributed by atoms with Crippen molar-refractivity contribution in [1.82, 2.24) is 24.7 Å². The summed E-state index contributed by atoms with van der Waals surface area (Å²) in [6.07, 6.45) is -1.94. The van der Waals surface area contributed by atoms with Crippen LogP contribution in [0.25, 0.3) is 10.8 Å². The molecule has 3 aromatic rings. The van der Waals surface area contributed by atoms with Gasteiger partial charge in [0.05, 0.1) is 11.3 Å². The maximum Gasteiger partial charge on any atom is 0.408 e. The van der Waals surface area contributed by atoms with E-state index in [9.17, 15) is 18.0 Å². The number of carbonyl (C=O) groups is 1. The van der Waals surface area contributed by atoms with Crippen molar-refractivity contribution >= 4 is 28.7 Å².